The van der Waals surface area contributed by atoms with Gasteiger partial charge in [0.1, 0.15) is 6.61 Å². The van der Waals surface area contributed by atoms with Crippen LogP contribution in [0.4, 0.5) is 5.69 Å². The standard InChI is InChI=1S/C31H46N2O5/c1-6-8-10-11-12-13-20-32-28-23-26(33(35)36)17-18-27(28)29(30(31(32)34)37-21-9-7-2)38-22-19-25(5)16-14-15-24(3)4/h15,17-19,23H,6-14,16,20-22H2,1-5H3. The molecule has 0 radical (unpaired) electrons. The summed E-state index contributed by atoms with van der Waals surface area (Å²) in [7, 11) is 0. The Hall–Kier alpha value is -3.09. The summed E-state index contributed by atoms with van der Waals surface area (Å²) in [5, 5.41) is 12.2. The average Bonchev–Trinajstić information content (AvgIpc) is 2.88. The lowest BCUT2D eigenvalue weighted by Crippen LogP contribution is -2.24. The maximum Gasteiger partial charge on any atom is 0.297 e. The number of nitro benzene ring substituents is 1. The Kier molecular flexibility index (Phi) is 13.7. The number of hydrogen-bond acceptors (Lipinski definition) is 5. The van der Waals surface area contributed by atoms with E-state index in [1.807, 2.05) is 6.08 Å². The Bertz CT molecular complexity index is 1160. The number of pyridine rings is 1. The largest absolute Gasteiger partial charge is 0.485 e. The summed E-state index contributed by atoms with van der Waals surface area (Å²) >= 11 is 0. The van der Waals surface area contributed by atoms with Gasteiger partial charge in [0.05, 0.1) is 17.0 Å². The number of ether oxygens (including phenoxy) is 2. The number of allylic oxidation sites excluding steroid dienone is 3. The molecule has 38 heavy (non-hydrogen) atoms. The van der Waals surface area contributed by atoms with Gasteiger partial charge in [-0.25, -0.2) is 0 Å². The Balaban J connectivity index is 2.45. The molecular formula is C31H46N2O5. The van der Waals surface area contributed by atoms with Gasteiger partial charge in [0, 0.05) is 24.1 Å². The molecule has 0 spiro atoms. The van der Waals surface area contributed by atoms with Crippen molar-refractivity contribution in [3.05, 3.63) is 62.0 Å². The van der Waals surface area contributed by atoms with Crippen molar-refractivity contribution in [3.63, 3.8) is 0 Å². The summed E-state index contributed by atoms with van der Waals surface area (Å²) in [6, 6.07) is 4.63. The highest BCUT2D eigenvalue weighted by atomic mass is 16.6. The van der Waals surface area contributed by atoms with E-state index in [9.17, 15) is 14.9 Å². The summed E-state index contributed by atoms with van der Waals surface area (Å²) in [5.41, 5.74) is 2.67. The zero-order chi connectivity index (χ0) is 27.9. The van der Waals surface area contributed by atoms with Crippen molar-refractivity contribution in [2.75, 3.05) is 13.2 Å². The van der Waals surface area contributed by atoms with Gasteiger partial charge < -0.3 is 14.0 Å². The van der Waals surface area contributed by atoms with Gasteiger partial charge in [-0.05, 0) is 58.6 Å². The first-order chi connectivity index (χ1) is 18.3. The molecule has 210 valence electrons. The topological polar surface area (TPSA) is 83.6 Å². The van der Waals surface area contributed by atoms with E-state index in [0.717, 1.165) is 44.9 Å². The van der Waals surface area contributed by atoms with E-state index in [1.165, 1.54) is 42.5 Å². The summed E-state index contributed by atoms with van der Waals surface area (Å²) in [4.78, 5) is 24.8. The van der Waals surface area contributed by atoms with E-state index in [2.05, 4.69) is 40.7 Å². The molecular weight excluding hydrogens is 480 g/mol. The molecule has 0 unspecified atom stereocenters. The minimum atomic E-state index is -0.427. The fourth-order valence-electron chi connectivity index (χ4n) is 4.32. The van der Waals surface area contributed by atoms with Crippen molar-refractivity contribution < 1.29 is 14.4 Å². The van der Waals surface area contributed by atoms with Crippen LogP contribution in [-0.2, 0) is 6.54 Å². The molecule has 0 fully saturated rings. The maximum absolute atomic E-state index is 13.7. The lowest BCUT2D eigenvalue weighted by atomic mass is 10.1. The van der Waals surface area contributed by atoms with Crippen LogP contribution in [0.25, 0.3) is 10.9 Å². The number of aromatic nitrogens is 1. The molecule has 0 bridgehead atoms. The highest BCUT2D eigenvalue weighted by Gasteiger charge is 2.21. The smallest absolute Gasteiger partial charge is 0.297 e. The molecule has 2 rings (SSSR count). The molecule has 0 saturated heterocycles. The fraction of sp³-hybridized carbons (Fsp3) is 0.581. The molecule has 0 aliphatic heterocycles. The molecule has 2 aromatic rings. The van der Waals surface area contributed by atoms with Crippen molar-refractivity contribution in [2.45, 2.75) is 105 Å². The van der Waals surface area contributed by atoms with Gasteiger partial charge in [0.25, 0.3) is 11.2 Å². The van der Waals surface area contributed by atoms with Crippen LogP contribution in [0.3, 0.4) is 0 Å². The first-order valence-electron chi connectivity index (χ1n) is 14.2. The van der Waals surface area contributed by atoms with Crippen LogP contribution in [-0.4, -0.2) is 22.7 Å². The number of hydrogen-bond donors (Lipinski definition) is 0. The summed E-state index contributed by atoms with van der Waals surface area (Å²) in [5.74, 6) is 0.560. The predicted octanol–water partition coefficient (Wildman–Crippen LogP) is 8.52. The normalized spacial score (nSPS) is 11.6. The molecule has 1 aromatic carbocycles. The lowest BCUT2D eigenvalue weighted by molar-refractivity contribution is -0.384. The van der Waals surface area contributed by atoms with E-state index in [4.69, 9.17) is 9.47 Å². The van der Waals surface area contributed by atoms with Gasteiger partial charge in [-0.3, -0.25) is 14.9 Å². The van der Waals surface area contributed by atoms with Crippen LogP contribution in [0.2, 0.25) is 0 Å². The molecule has 0 saturated carbocycles. The average molecular weight is 527 g/mol. The highest BCUT2D eigenvalue weighted by Crippen LogP contribution is 2.35. The monoisotopic (exact) mass is 526 g/mol. The zero-order valence-electron chi connectivity index (χ0n) is 24.0. The second kappa shape index (κ2) is 16.7. The number of nitrogens with zero attached hydrogens (tertiary/aromatic N) is 2. The van der Waals surface area contributed by atoms with E-state index < -0.39 is 4.92 Å². The van der Waals surface area contributed by atoms with Crippen molar-refractivity contribution in [1.29, 1.82) is 0 Å². The third-order valence-electron chi connectivity index (χ3n) is 6.60. The van der Waals surface area contributed by atoms with Gasteiger partial charge in [0.2, 0.25) is 5.75 Å². The van der Waals surface area contributed by atoms with E-state index >= 15 is 0 Å². The van der Waals surface area contributed by atoms with E-state index in [1.54, 1.807) is 10.6 Å². The van der Waals surface area contributed by atoms with Crippen LogP contribution < -0.4 is 15.0 Å². The van der Waals surface area contributed by atoms with Crippen molar-refractivity contribution in [1.82, 2.24) is 4.57 Å². The van der Waals surface area contributed by atoms with Crippen LogP contribution in [0.5, 0.6) is 11.5 Å². The fourth-order valence-corrected chi connectivity index (χ4v) is 4.32. The molecule has 0 N–H and O–H groups in total. The molecule has 0 amide bonds. The molecule has 0 aliphatic carbocycles. The number of benzene rings is 1. The first kappa shape index (κ1) is 31.1. The minimum Gasteiger partial charge on any atom is -0.485 e. The van der Waals surface area contributed by atoms with Crippen molar-refractivity contribution in [3.8, 4) is 11.5 Å². The van der Waals surface area contributed by atoms with Gasteiger partial charge in [0.15, 0.2) is 5.75 Å². The van der Waals surface area contributed by atoms with E-state index in [0.29, 0.717) is 29.8 Å². The predicted molar refractivity (Wildman–Crippen MR) is 157 cm³/mol. The molecule has 1 aromatic heterocycles. The Morgan fingerprint density at radius 1 is 0.947 bits per heavy atom. The molecule has 7 nitrogen and oxygen atoms in total. The maximum atomic E-state index is 13.7. The molecule has 0 aliphatic rings. The summed E-state index contributed by atoms with van der Waals surface area (Å²) in [6.45, 7) is 11.7. The van der Waals surface area contributed by atoms with Crippen LogP contribution in [0.15, 0.2) is 46.3 Å². The number of nitro groups is 1. The first-order valence-corrected chi connectivity index (χ1v) is 14.2. The minimum absolute atomic E-state index is 0.0470. The zero-order valence-corrected chi connectivity index (χ0v) is 24.0. The van der Waals surface area contributed by atoms with Gasteiger partial charge >= 0.3 is 0 Å². The van der Waals surface area contributed by atoms with Gasteiger partial charge in [-0.2, -0.15) is 0 Å². The van der Waals surface area contributed by atoms with Crippen molar-refractivity contribution in [2.24, 2.45) is 0 Å². The SMILES string of the molecule is CCCCCCCCn1c(=O)c(OCCCC)c(OCC=C(C)CCC=C(C)C)c2ccc([N+](=O)[O-])cc21. The number of aryl methyl sites for hydroxylation is 1. The molecule has 7 heteroatoms. The second-order valence-corrected chi connectivity index (χ2v) is 10.2. The van der Waals surface area contributed by atoms with E-state index in [-0.39, 0.29) is 23.6 Å². The lowest BCUT2D eigenvalue weighted by Gasteiger charge is -2.18. The third-order valence-corrected chi connectivity index (χ3v) is 6.60. The number of fused-ring (bicyclic) bond motifs is 1. The van der Waals surface area contributed by atoms with Crippen LogP contribution in [0.1, 0.15) is 98.8 Å². The quantitative estimate of drug-likeness (QED) is 0.0841. The highest BCUT2D eigenvalue weighted by molar-refractivity contribution is 5.89. The summed E-state index contributed by atoms with van der Waals surface area (Å²) in [6.07, 6.45) is 14.4. The number of unbranched alkanes of at least 4 members (excludes halogenated alkanes) is 6. The number of non-ortho nitro benzene ring substituents is 1. The molecule has 1 heterocycles. The molecule has 0 atom stereocenters. The van der Waals surface area contributed by atoms with Crippen LogP contribution in [0, 0.1) is 10.1 Å². The van der Waals surface area contributed by atoms with Crippen molar-refractivity contribution >= 4 is 16.6 Å². The second-order valence-electron chi connectivity index (χ2n) is 10.2. The summed E-state index contributed by atoms with van der Waals surface area (Å²) < 4.78 is 13.8. The Labute approximate surface area is 227 Å². The Morgan fingerprint density at radius 2 is 1.66 bits per heavy atom. The third kappa shape index (κ3) is 9.66. The van der Waals surface area contributed by atoms with Gasteiger partial charge in [-0.15, -0.1) is 0 Å². The Morgan fingerprint density at radius 3 is 2.34 bits per heavy atom. The van der Waals surface area contributed by atoms with Crippen LogP contribution >= 0.6 is 0 Å². The van der Waals surface area contributed by atoms with Gasteiger partial charge in [-0.1, -0.05) is 69.6 Å². The number of rotatable bonds is 18.